The molecule has 3 saturated carbocycles. The van der Waals surface area contributed by atoms with E-state index in [2.05, 4.69) is 46.0 Å². The molecule has 0 aromatic heterocycles. The van der Waals surface area contributed by atoms with Crippen LogP contribution in [0.25, 0.3) is 0 Å². The molecule has 2 heteroatoms. The van der Waals surface area contributed by atoms with Crippen molar-refractivity contribution < 1.29 is 4.79 Å². The van der Waals surface area contributed by atoms with Crippen LogP contribution in [-0.2, 0) is 4.79 Å². The van der Waals surface area contributed by atoms with Crippen LogP contribution in [0.1, 0.15) is 112 Å². The SMILES string of the molecule is CC(=O)NC1=CC[C@@]2(C)C(CC[C@H]3[C@@H]4CC[C@H]([C@H](C)CCCC(C)C)[C@@]4(C)CC[C@@H]32)C1. The van der Waals surface area contributed by atoms with Gasteiger partial charge in [0, 0.05) is 12.6 Å². The van der Waals surface area contributed by atoms with Gasteiger partial charge in [-0.25, -0.2) is 0 Å². The molecule has 4 aliphatic carbocycles. The van der Waals surface area contributed by atoms with Crippen molar-refractivity contribution >= 4 is 5.91 Å². The molecule has 2 nitrogen and oxygen atoms in total. The van der Waals surface area contributed by atoms with Gasteiger partial charge in [0.25, 0.3) is 0 Å². The lowest BCUT2D eigenvalue weighted by Gasteiger charge is -2.60. The second-order valence-corrected chi connectivity index (χ2v) is 13.0. The summed E-state index contributed by atoms with van der Waals surface area (Å²) in [6.07, 6.45) is 17.6. The summed E-state index contributed by atoms with van der Waals surface area (Å²) in [6, 6.07) is 0. The van der Waals surface area contributed by atoms with Crippen LogP contribution in [0.5, 0.6) is 0 Å². The van der Waals surface area contributed by atoms with Gasteiger partial charge in [0.15, 0.2) is 0 Å². The highest BCUT2D eigenvalue weighted by atomic mass is 16.1. The molecular formula is C29H49NO. The molecule has 0 aliphatic heterocycles. The minimum absolute atomic E-state index is 0.0940. The summed E-state index contributed by atoms with van der Waals surface area (Å²) in [5.74, 6) is 6.36. The molecular weight excluding hydrogens is 378 g/mol. The predicted molar refractivity (Wildman–Crippen MR) is 130 cm³/mol. The second kappa shape index (κ2) is 8.86. The van der Waals surface area contributed by atoms with Crippen LogP contribution < -0.4 is 5.32 Å². The molecule has 0 spiro atoms. The fraction of sp³-hybridized carbons (Fsp3) is 0.897. The number of fused-ring (bicyclic) bond motifs is 5. The first-order chi connectivity index (χ1) is 14.6. The Balaban J connectivity index is 1.46. The monoisotopic (exact) mass is 427 g/mol. The normalized spacial score (nSPS) is 42.9. The van der Waals surface area contributed by atoms with Gasteiger partial charge in [-0.1, -0.05) is 60.0 Å². The van der Waals surface area contributed by atoms with E-state index in [0.717, 1.165) is 47.8 Å². The molecule has 0 saturated heterocycles. The van der Waals surface area contributed by atoms with Crippen molar-refractivity contribution in [2.75, 3.05) is 0 Å². The lowest BCUT2D eigenvalue weighted by molar-refractivity contribution is -0.119. The van der Waals surface area contributed by atoms with Crippen LogP contribution in [0.3, 0.4) is 0 Å². The molecule has 1 unspecified atom stereocenters. The summed E-state index contributed by atoms with van der Waals surface area (Å²) in [7, 11) is 0. The third-order valence-corrected chi connectivity index (χ3v) is 10.9. The second-order valence-electron chi connectivity index (χ2n) is 13.0. The van der Waals surface area contributed by atoms with Gasteiger partial charge in [0.2, 0.25) is 5.91 Å². The first-order valence-corrected chi connectivity index (χ1v) is 13.6. The van der Waals surface area contributed by atoms with E-state index in [0.29, 0.717) is 10.8 Å². The summed E-state index contributed by atoms with van der Waals surface area (Å²) in [5.41, 5.74) is 2.24. The first-order valence-electron chi connectivity index (χ1n) is 13.6. The largest absolute Gasteiger partial charge is 0.330 e. The van der Waals surface area contributed by atoms with Crippen LogP contribution >= 0.6 is 0 Å². The topological polar surface area (TPSA) is 29.1 Å². The number of rotatable bonds is 6. The molecule has 0 heterocycles. The molecule has 1 N–H and O–H groups in total. The van der Waals surface area contributed by atoms with E-state index in [1.165, 1.54) is 69.9 Å². The summed E-state index contributed by atoms with van der Waals surface area (Å²) >= 11 is 0. The van der Waals surface area contributed by atoms with Crippen LogP contribution in [-0.4, -0.2) is 5.91 Å². The Morgan fingerprint density at radius 3 is 2.48 bits per heavy atom. The van der Waals surface area contributed by atoms with Crippen molar-refractivity contribution in [2.45, 2.75) is 112 Å². The number of hydrogen-bond acceptors (Lipinski definition) is 1. The lowest BCUT2D eigenvalue weighted by atomic mass is 9.45. The Labute approximate surface area is 192 Å². The molecule has 31 heavy (non-hydrogen) atoms. The molecule has 4 rings (SSSR count). The van der Waals surface area contributed by atoms with Crippen LogP contribution in [0.15, 0.2) is 11.8 Å². The molecule has 0 radical (unpaired) electrons. The van der Waals surface area contributed by atoms with Gasteiger partial charge >= 0.3 is 0 Å². The number of nitrogens with one attached hydrogen (secondary N) is 1. The van der Waals surface area contributed by atoms with Crippen molar-refractivity contribution in [1.82, 2.24) is 5.32 Å². The van der Waals surface area contributed by atoms with E-state index in [4.69, 9.17) is 0 Å². The average Bonchev–Trinajstić information content (AvgIpc) is 3.05. The van der Waals surface area contributed by atoms with Gasteiger partial charge in [-0.3, -0.25) is 4.79 Å². The summed E-state index contributed by atoms with van der Waals surface area (Å²) < 4.78 is 0. The van der Waals surface area contributed by atoms with Crippen molar-refractivity contribution in [3.05, 3.63) is 11.8 Å². The van der Waals surface area contributed by atoms with Crippen molar-refractivity contribution in [1.29, 1.82) is 0 Å². The lowest BCUT2D eigenvalue weighted by Crippen LogP contribution is -2.53. The van der Waals surface area contributed by atoms with E-state index in [1.54, 1.807) is 6.92 Å². The van der Waals surface area contributed by atoms with E-state index >= 15 is 0 Å². The minimum Gasteiger partial charge on any atom is -0.330 e. The molecule has 8 atom stereocenters. The van der Waals surface area contributed by atoms with Gasteiger partial charge in [-0.15, -0.1) is 0 Å². The highest BCUT2D eigenvalue weighted by molar-refractivity contribution is 5.74. The highest BCUT2D eigenvalue weighted by Gasteiger charge is 2.60. The van der Waals surface area contributed by atoms with E-state index in [-0.39, 0.29) is 5.91 Å². The molecule has 176 valence electrons. The third-order valence-electron chi connectivity index (χ3n) is 10.9. The van der Waals surface area contributed by atoms with Crippen LogP contribution in [0.2, 0.25) is 0 Å². The maximum absolute atomic E-state index is 11.6. The number of allylic oxidation sites excluding steroid dienone is 2. The van der Waals surface area contributed by atoms with E-state index in [9.17, 15) is 4.79 Å². The van der Waals surface area contributed by atoms with E-state index < -0.39 is 0 Å². The molecule has 4 aliphatic rings. The zero-order valence-electron chi connectivity index (χ0n) is 21.3. The Bertz CT molecular complexity index is 695. The van der Waals surface area contributed by atoms with Crippen LogP contribution in [0.4, 0.5) is 0 Å². The summed E-state index contributed by atoms with van der Waals surface area (Å²) in [6.45, 7) is 14.3. The molecule has 3 fully saturated rings. The summed E-state index contributed by atoms with van der Waals surface area (Å²) in [5, 5.41) is 3.11. The zero-order chi connectivity index (χ0) is 22.4. The van der Waals surface area contributed by atoms with Gasteiger partial charge in [0.05, 0.1) is 0 Å². The van der Waals surface area contributed by atoms with Crippen LogP contribution in [0, 0.1) is 52.3 Å². The predicted octanol–water partition coefficient (Wildman–Crippen LogP) is 7.74. The first kappa shape index (κ1) is 23.4. The van der Waals surface area contributed by atoms with Gasteiger partial charge in [-0.2, -0.15) is 0 Å². The number of hydrogen-bond donors (Lipinski definition) is 1. The van der Waals surface area contributed by atoms with Crippen molar-refractivity contribution in [2.24, 2.45) is 52.3 Å². The van der Waals surface area contributed by atoms with Gasteiger partial charge < -0.3 is 5.32 Å². The minimum atomic E-state index is 0.0940. The Hall–Kier alpha value is -0.790. The molecule has 0 aromatic rings. The standard InChI is InChI=1S/C29H49NO/c1-19(2)8-7-9-20(3)25-12-13-26-24-11-10-22-18-23(30-21(4)31)14-16-28(22,5)27(24)15-17-29(25,26)6/h14,19-20,22,24-27H,7-13,15-18H2,1-6H3,(H,30,31)/t20-,22?,24+,25-,26+,27+,28+,29-/m1/s1. The fourth-order valence-electron chi connectivity index (χ4n) is 9.23. The number of carbonyl (C=O) groups excluding carboxylic acids is 1. The number of amides is 1. The average molecular weight is 428 g/mol. The fourth-order valence-corrected chi connectivity index (χ4v) is 9.23. The van der Waals surface area contributed by atoms with Gasteiger partial charge in [-0.05, 0) is 104 Å². The maximum Gasteiger partial charge on any atom is 0.220 e. The highest BCUT2D eigenvalue weighted by Crippen LogP contribution is 2.68. The molecule has 0 aromatic carbocycles. The van der Waals surface area contributed by atoms with Crippen molar-refractivity contribution in [3.8, 4) is 0 Å². The Morgan fingerprint density at radius 2 is 1.77 bits per heavy atom. The molecule has 1 amide bonds. The maximum atomic E-state index is 11.6. The zero-order valence-corrected chi connectivity index (χ0v) is 21.3. The Kier molecular flexibility index (Phi) is 6.68. The molecule has 0 bridgehead atoms. The smallest absolute Gasteiger partial charge is 0.220 e. The van der Waals surface area contributed by atoms with Crippen molar-refractivity contribution in [3.63, 3.8) is 0 Å². The Morgan fingerprint density at radius 1 is 1.03 bits per heavy atom. The quantitative estimate of drug-likeness (QED) is 0.461. The number of carbonyl (C=O) groups is 1. The van der Waals surface area contributed by atoms with Gasteiger partial charge in [0.1, 0.15) is 0 Å². The summed E-state index contributed by atoms with van der Waals surface area (Å²) in [4.78, 5) is 11.6. The third kappa shape index (κ3) is 4.26. The van der Waals surface area contributed by atoms with E-state index in [1.807, 2.05) is 0 Å².